The van der Waals surface area contributed by atoms with Gasteiger partial charge in [-0.25, -0.2) is 9.18 Å². The zero-order chi connectivity index (χ0) is 53.7. The number of rotatable bonds is 31. The molecule has 2 aliphatic carbocycles. The summed E-state index contributed by atoms with van der Waals surface area (Å²) in [4.78, 5) is 23.2. The number of nitrogens with zero attached hydrogens (tertiary/aromatic N) is 2. The number of halogens is 1. The van der Waals surface area contributed by atoms with Crippen LogP contribution in [-0.2, 0) is 27.5 Å². The molecule has 0 spiro atoms. The van der Waals surface area contributed by atoms with Gasteiger partial charge in [-0.15, -0.1) is 6.58 Å². The number of oxime groups is 1. The van der Waals surface area contributed by atoms with Crippen LogP contribution in [0.2, 0.25) is 0 Å². The maximum Gasteiger partial charge on any atom is 0.410 e. The van der Waals surface area contributed by atoms with E-state index in [2.05, 4.69) is 49.9 Å². The molecule has 6 atom stereocenters. The Balaban J connectivity index is 1.22. The molecule has 2 N–H and O–H groups in total. The van der Waals surface area contributed by atoms with Crippen molar-refractivity contribution in [3.8, 4) is 28.4 Å². The number of carbonyl (C=O) groups excluding carboxylic acids is 1. The third kappa shape index (κ3) is 15.1. The van der Waals surface area contributed by atoms with Crippen molar-refractivity contribution in [3.63, 3.8) is 0 Å². The van der Waals surface area contributed by atoms with Gasteiger partial charge in [0, 0.05) is 37.7 Å². The van der Waals surface area contributed by atoms with E-state index in [0.717, 1.165) is 79.2 Å². The molecule has 3 aliphatic rings. The van der Waals surface area contributed by atoms with Crippen LogP contribution in [0, 0.1) is 23.6 Å². The van der Waals surface area contributed by atoms with Crippen LogP contribution < -0.4 is 9.47 Å². The van der Waals surface area contributed by atoms with E-state index in [-0.39, 0.29) is 69.6 Å². The van der Waals surface area contributed by atoms with Crippen LogP contribution in [0.15, 0.2) is 157 Å². The first-order chi connectivity index (χ1) is 37.8. The van der Waals surface area contributed by atoms with Crippen LogP contribution in [0.5, 0.6) is 17.2 Å². The van der Waals surface area contributed by atoms with Gasteiger partial charge in [0.05, 0.1) is 24.8 Å². The summed E-state index contributed by atoms with van der Waals surface area (Å²) in [5, 5.41) is 25.3. The van der Waals surface area contributed by atoms with E-state index in [1.54, 1.807) is 23.1 Å². The predicted molar refractivity (Wildman–Crippen MR) is 303 cm³/mol. The van der Waals surface area contributed by atoms with E-state index < -0.39 is 23.8 Å². The molecule has 1 fully saturated rings. The second kappa shape index (κ2) is 29.5. The van der Waals surface area contributed by atoms with Gasteiger partial charge in [0.2, 0.25) is 5.79 Å². The van der Waals surface area contributed by atoms with Crippen molar-refractivity contribution in [2.45, 2.75) is 147 Å². The first kappa shape index (κ1) is 56.9. The zero-order valence-electron chi connectivity index (χ0n) is 45.3. The van der Waals surface area contributed by atoms with Crippen molar-refractivity contribution in [3.05, 3.63) is 174 Å². The molecule has 0 saturated heterocycles. The molecular weight excluding hydrogens is 968 g/mol. The Labute approximate surface area is 456 Å². The molecule has 0 aromatic heterocycles. The van der Waals surface area contributed by atoms with Gasteiger partial charge in [-0.05, 0) is 114 Å². The lowest BCUT2D eigenvalue weighted by molar-refractivity contribution is -0.256. The molecule has 5 aromatic rings. The van der Waals surface area contributed by atoms with Gasteiger partial charge in [0.25, 0.3) is 0 Å². The second-order valence-electron chi connectivity index (χ2n) is 21.1. The van der Waals surface area contributed by atoms with Gasteiger partial charge < -0.3 is 34.0 Å². The van der Waals surface area contributed by atoms with Crippen LogP contribution in [0.25, 0.3) is 11.1 Å². The molecule has 0 unspecified atom stereocenters. The lowest BCUT2D eigenvalue weighted by Gasteiger charge is -2.59. The minimum Gasteiger partial charge on any atom is -0.459 e. The number of carbonyl (C=O) groups is 1. The highest BCUT2D eigenvalue weighted by Crippen LogP contribution is 2.62. The number of amides is 1. The first-order valence-corrected chi connectivity index (χ1v) is 28.6. The van der Waals surface area contributed by atoms with Crippen molar-refractivity contribution in [1.29, 1.82) is 0 Å². The normalized spacial score (nSPS) is 20.8. The molecule has 77 heavy (non-hydrogen) atoms. The van der Waals surface area contributed by atoms with E-state index in [0.29, 0.717) is 41.4 Å². The summed E-state index contributed by atoms with van der Waals surface area (Å²) in [5.74, 6) is -0.751. The minimum atomic E-state index is -1.52. The lowest BCUT2D eigenvalue weighted by Crippen LogP contribution is -2.70. The highest BCUT2D eigenvalue weighted by Gasteiger charge is 2.65. The molecule has 1 aliphatic heterocycles. The van der Waals surface area contributed by atoms with Crippen molar-refractivity contribution < 1.29 is 43.2 Å². The maximum absolute atomic E-state index is 15.2. The second-order valence-corrected chi connectivity index (χ2v) is 21.1. The summed E-state index contributed by atoms with van der Waals surface area (Å²) in [6.45, 7) is 7.16. The van der Waals surface area contributed by atoms with Gasteiger partial charge in [-0.2, -0.15) is 0 Å². The van der Waals surface area contributed by atoms with E-state index >= 15 is 4.79 Å². The quantitative estimate of drug-likeness (QED) is 0.0256. The Morgan fingerprint density at radius 2 is 1.40 bits per heavy atom. The van der Waals surface area contributed by atoms with Gasteiger partial charge in [-0.1, -0.05) is 180 Å². The summed E-state index contributed by atoms with van der Waals surface area (Å²) in [5.41, 5.74) is 6.40. The summed E-state index contributed by atoms with van der Waals surface area (Å²) < 4.78 is 42.4. The van der Waals surface area contributed by atoms with Gasteiger partial charge >= 0.3 is 6.09 Å². The Kier molecular flexibility index (Phi) is 21.8. The molecule has 1 amide bonds. The highest BCUT2D eigenvalue weighted by molar-refractivity contribution is 6.03. The number of aliphatic hydroxyl groups is 2. The molecular formula is C66H81FN2O8. The number of allylic oxidation sites excluding steroid dienone is 1. The molecule has 11 heteroatoms. The topological polar surface area (TPSA) is 119 Å². The average molecular weight is 1050 g/mol. The van der Waals surface area contributed by atoms with Gasteiger partial charge in [0.1, 0.15) is 35.7 Å². The van der Waals surface area contributed by atoms with E-state index in [1.165, 1.54) is 50.7 Å². The summed E-state index contributed by atoms with van der Waals surface area (Å²) in [6, 6.07) is 39.6. The van der Waals surface area contributed by atoms with E-state index in [9.17, 15) is 14.6 Å². The van der Waals surface area contributed by atoms with Crippen LogP contribution in [-0.4, -0.2) is 65.2 Å². The molecule has 10 nitrogen and oxygen atoms in total. The zero-order valence-corrected chi connectivity index (χ0v) is 45.3. The monoisotopic (exact) mass is 1050 g/mol. The fourth-order valence-corrected chi connectivity index (χ4v) is 11.9. The van der Waals surface area contributed by atoms with Crippen LogP contribution >= 0.6 is 0 Å². The largest absolute Gasteiger partial charge is 0.459 e. The number of ether oxygens (including phenoxy) is 4. The van der Waals surface area contributed by atoms with Crippen molar-refractivity contribution in [2.24, 2.45) is 22.9 Å². The average Bonchev–Trinajstić information content (AvgIpc) is 3.56. The Hall–Kier alpha value is -6.27. The third-order valence-corrected chi connectivity index (χ3v) is 15.7. The number of hydrogen-bond acceptors (Lipinski definition) is 9. The fourth-order valence-electron chi connectivity index (χ4n) is 11.9. The Morgan fingerprint density at radius 3 is 2.09 bits per heavy atom. The molecule has 0 radical (unpaired) electrons. The number of fused-ring (bicyclic) bond motifs is 2. The summed E-state index contributed by atoms with van der Waals surface area (Å²) >= 11 is 0. The lowest BCUT2D eigenvalue weighted by atomic mass is 9.55. The number of hydrogen-bond donors (Lipinski definition) is 2. The van der Waals surface area contributed by atoms with Crippen molar-refractivity contribution >= 4 is 11.8 Å². The first-order valence-electron chi connectivity index (χ1n) is 28.6. The van der Waals surface area contributed by atoms with Gasteiger partial charge in [0.15, 0.2) is 0 Å². The number of benzene rings is 5. The van der Waals surface area contributed by atoms with E-state index in [1.807, 2.05) is 72.8 Å². The Morgan fingerprint density at radius 1 is 0.753 bits per heavy atom. The number of aliphatic hydroxyl groups excluding tert-OH is 2. The van der Waals surface area contributed by atoms with Crippen molar-refractivity contribution in [1.82, 2.24) is 4.90 Å². The third-order valence-electron chi connectivity index (χ3n) is 15.7. The molecule has 1 heterocycles. The number of unbranched alkanes of at least 4 members (excludes halogenated alkanes) is 11. The van der Waals surface area contributed by atoms with Crippen molar-refractivity contribution in [2.75, 3.05) is 26.4 Å². The predicted octanol–water partition coefficient (Wildman–Crippen LogP) is 15.7. The maximum atomic E-state index is 15.2. The minimum absolute atomic E-state index is 0.00262. The SMILES string of the molecule is C=CCO[C@@]12Oc3ccc(Oc4ccc(-c5ccccc5)cc4)cc3[C@H]3[C@H](CCCCO)[C@@H](CCCCO)C=C(C(=NOCc4ccccc4)C[C@@H]1N(Cc1ccc(F)cc1)C(=O)OCCCCCCCCCCCC)[C@H]32. The highest BCUT2D eigenvalue weighted by atomic mass is 19.1. The summed E-state index contributed by atoms with van der Waals surface area (Å²) in [7, 11) is 0. The standard InChI is InChI=1S/C66H81FN2O8/c1-3-5-6-7-8-9-10-11-12-23-43-73-65(72)69(47-49-30-34-54(67)35-31-49)62-46-60(68-75-48-50-24-15-13-16-25-50)58-44-53(28-19-21-40-70)57(29-20-22-41-71)63-59-45-56(38-39-61(59)77-66(62,64(58)63)74-42-4-2)76-55-36-32-52(33-37-55)51-26-17-14-18-27-51/h4,13-18,24-27,30-39,44-45,53,57,62-64,70-71H,2-3,5-12,19-23,28-29,40-43,46-48H2,1H3/t53-,57+,62-,63+,64+,66+/m0/s1. The Bertz CT molecular complexity index is 2640. The van der Waals surface area contributed by atoms with Crippen LogP contribution in [0.1, 0.15) is 139 Å². The smallest absolute Gasteiger partial charge is 0.410 e. The molecule has 0 bridgehead atoms. The molecule has 5 aromatic carbocycles. The fraction of sp³-hybridized carbons (Fsp3) is 0.455. The molecule has 410 valence electrons. The van der Waals surface area contributed by atoms with E-state index in [4.69, 9.17) is 28.9 Å². The van der Waals surface area contributed by atoms with Gasteiger partial charge in [-0.3, -0.25) is 4.90 Å². The molecule has 1 saturated carbocycles. The van der Waals surface area contributed by atoms with Crippen LogP contribution in [0.3, 0.4) is 0 Å². The summed E-state index contributed by atoms with van der Waals surface area (Å²) in [6.07, 6.45) is 19.7. The molecule has 8 rings (SSSR count). The van der Waals surface area contributed by atoms with Crippen LogP contribution in [0.4, 0.5) is 9.18 Å².